The predicted molar refractivity (Wildman–Crippen MR) is 137 cm³/mol. The number of thiophene rings is 1. The number of aromatic amines is 1. The molecule has 1 aliphatic carbocycles. The topological polar surface area (TPSA) is 71.0 Å². The molecule has 0 amide bonds. The van der Waals surface area contributed by atoms with Crippen LogP contribution in [0.5, 0.6) is 0 Å². The van der Waals surface area contributed by atoms with Crippen LogP contribution in [0.25, 0.3) is 21.1 Å². The van der Waals surface area contributed by atoms with Crippen LogP contribution in [-0.4, -0.2) is 51.6 Å². The van der Waals surface area contributed by atoms with E-state index >= 15 is 0 Å². The maximum atomic E-state index is 13.6. The SMILES string of the molecule is CN(C)CCCn1c(SCC(=O)c2c[nH]c3ccccc23)nc2sc3c(c2c1=O)CCCC3. The average molecular weight is 481 g/mol. The molecule has 0 atom stereocenters. The molecule has 0 bridgehead atoms. The van der Waals surface area contributed by atoms with Crippen LogP contribution in [0.15, 0.2) is 40.4 Å². The second-order valence-electron chi connectivity index (χ2n) is 8.86. The summed E-state index contributed by atoms with van der Waals surface area (Å²) in [5, 5.41) is 2.39. The second-order valence-corrected chi connectivity index (χ2v) is 10.9. The van der Waals surface area contributed by atoms with Crippen molar-refractivity contribution in [2.24, 2.45) is 0 Å². The summed E-state index contributed by atoms with van der Waals surface area (Å²) in [6, 6.07) is 7.82. The molecule has 3 heterocycles. The van der Waals surface area contributed by atoms with Crippen LogP contribution in [0.2, 0.25) is 0 Å². The summed E-state index contributed by atoms with van der Waals surface area (Å²) in [4.78, 5) is 39.0. The van der Waals surface area contributed by atoms with Gasteiger partial charge in [0.15, 0.2) is 10.9 Å². The van der Waals surface area contributed by atoms with E-state index in [2.05, 4.69) is 9.88 Å². The lowest BCUT2D eigenvalue weighted by atomic mass is 9.97. The van der Waals surface area contributed by atoms with Crippen LogP contribution in [0.1, 0.15) is 40.1 Å². The van der Waals surface area contributed by atoms with Crippen LogP contribution >= 0.6 is 23.1 Å². The number of Topliss-reactive ketones (excluding diaryl/α,β-unsaturated/α-hetero) is 1. The largest absolute Gasteiger partial charge is 0.360 e. The van der Waals surface area contributed by atoms with Gasteiger partial charge in [-0.2, -0.15) is 0 Å². The maximum Gasteiger partial charge on any atom is 0.263 e. The van der Waals surface area contributed by atoms with Crippen molar-refractivity contribution in [1.82, 2.24) is 19.4 Å². The van der Waals surface area contributed by atoms with Gasteiger partial charge in [-0.25, -0.2) is 4.98 Å². The second kappa shape index (κ2) is 9.44. The Balaban J connectivity index is 1.47. The molecule has 8 heteroatoms. The Bertz CT molecular complexity index is 1380. The fourth-order valence-electron chi connectivity index (χ4n) is 4.58. The minimum Gasteiger partial charge on any atom is -0.360 e. The molecule has 0 unspecified atom stereocenters. The number of carbonyl (C=O) groups excluding carboxylic acids is 1. The fraction of sp³-hybridized carbons (Fsp3) is 0.400. The van der Waals surface area contributed by atoms with Gasteiger partial charge < -0.3 is 9.88 Å². The van der Waals surface area contributed by atoms with Gasteiger partial charge in [-0.3, -0.25) is 14.2 Å². The molecule has 0 saturated heterocycles. The van der Waals surface area contributed by atoms with Gasteiger partial charge in [0.2, 0.25) is 0 Å². The molecule has 1 aliphatic rings. The monoisotopic (exact) mass is 480 g/mol. The Morgan fingerprint density at radius 1 is 1.24 bits per heavy atom. The summed E-state index contributed by atoms with van der Waals surface area (Å²) in [6.07, 6.45) is 6.96. The van der Waals surface area contributed by atoms with E-state index in [-0.39, 0.29) is 17.1 Å². The number of rotatable bonds is 8. The van der Waals surface area contributed by atoms with Crippen molar-refractivity contribution in [2.45, 2.75) is 43.8 Å². The van der Waals surface area contributed by atoms with Gasteiger partial charge in [0, 0.05) is 34.1 Å². The molecule has 0 fully saturated rings. The van der Waals surface area contributed by atoms with E-state index in [1.807, 2.05) is 38.4 Å². The summed E-state index contributed by atoms with van der Waals surface area (Å²) >= 11 is 3.04. The molecule has 0 spiro atoms. The van der Waals surface area contributed by atoms with Crippen molar-refractivity contribution in [2.75, 3.05) is 26.4 Å². The zero-order valence-electron chi connectivity index (χ0n) is 19.0. The number of para-hydroxylation sites is 1. The number of H-pyrrole nitrogens is 1. The molecular weight excluding hydrogens is 452 g/mol. The molecule has 33 heavy (non-hydrogen) atoms. The van der Waals surface area contributed by atoms with Crippen molar-refractivity contribution in [3.05, 3.63) is 56.8 Å². The lowest BCUT2D eigenvalue weighted by molar-refractivity contribution is 0.102. The quantitative estimate of drug-likeness (QED) is 0.224. The third-order valence-electron chi connectivity index (χ3n) is 6.25. The Morgan fingerprint density at radius 2 is 2.06 bits per heavy atom. The summed E-state index contributed by atoms with van der Waals surface area (Å²) in [6.45, 7) is 1.50. The first kappa shape index (κ1) is 22.4. The number of nitrogens with one attached hydrogen (secondary N) is 1. The van der Waals surface area contributed by atoms with Gasteiger partial charge >= 0.3 is 0 Å². The highest BCUT2D eigenvalue weighted by Crippen LogP contribution is 2.35. The number of hydrogen-bond donors (Lipinski definition) is 1. The van der Waals surface area contributed by atoms with Gasteiger partial charge in [0.05, 0.1) is 11.1 Å². The normalized spacial score (nSPS) is 13.8. The molecule has 5 rings (SSSR count). The minimum atomic E-state index is 0.0390. The van der Waals surface area contributed by atoms with Gasteiger partial charge in [0.25, 0.3) is 5.56 Å². The lowest BCUT2D eigenvalue weighted by Crippen LogP contribution is -2.26. The number of nitrogens with zero attached hydrogens (tertiary/aromatic N) is 3. The van der Waals surface area contributed by atoms with Crippen LogP contribution in [0, 0.1) is 0 Å². The first-order valence-electron chi connectivity index (χ1n) is 11.4. The predicted octanol–water partition coefficient (Wildman–Crippen LogP) is 4.74. The first-order valence-corrected chi connectivity index (χ1v) is 13.2. The number of benzene rings is 1. The molecule has 4 aromatic rings. The van der Waals surface area contributed by atoms with E-state index in [0.717, 1.165) is 53.3 Å². The van der Waals surface area contributed by atoms with Crippen LogP contribution in [-0.2, 0) is 19.4 Å². The van der Waals surface area contributed by atoms with Crippen molar-refractivity contribution in [1.29, 1.82) is 0 Å². The molecule has 1 N–H and O–H groups in total. The standard InChI is InChI=1S/C25H28N4O2S2/c1-28(2)12-7-13-29-24(31)22-17-9-4-6-11-21(17)33-23(22)27-25(29)32-15-20(30)18-14-26-19-10-5-3-8-16(18)19/h3,5,8,10,14,26H,4,6-7,9,11-13,15H2,1-2H3. The number of carbonyl (C=O) groups is 1. The zero-order valence-corrected chi connectivity index (χ0v) is 20.7. The van der Waals surface area contributed by atoms with E-state index in [4.69, 9.17) is 4.98 Å². The van der Waals surface area contributed by atoms with Gasteiger partial charge in [0.1, 0.15) is 4.83 Å². The van der Waals surface area contributed by atoms with Gasteiger partial charge in [-0.05, 0) is 64.4 Å². The Kier molecular flexibility index (Phi) is 6.40. The third-order valence-corrected chi connectivity index (χ3v) is 8.41. The number of aryl methyl sites for hydroxylation is 2. The lowest BCUT2D eigenvalue weighted by Gasteiger charge is -2.15. The van der Waals surface area contributed by atoms with E-state index in [1.54, 1.807) is 22.1 Å². The zero-order chi connectivity index (χ0) is 22.9. The van der Waals surface area contributed by atoms with Crippen molar-refractivity contribution < 1.29 is 4.79 Å². The molecule has 0 aliphatic heterocycles. The summed E-state index contributed by atoms with van der Waals surface area (Å²) in [5.74, 6) is 0.288. The molecule has 1 aromatic carbocycles. The fourth-order valence-corrected chi connectivity index (χ4v) is 6.79. The van der Waals surface area contributed by atoms with Gasteiger partial charge in [-0.1, -0.05) is 30.0 Å². The van der Waals surface area contributed by atoms with Crippen molar-refractivity contribution >= 4 is 50.0 Å². The highest BCUT2D eigenvalue weighted by molar-refractivity contribution is 7.99. The van der Waals surface area contributed by atoms with Crippen molar-refractivity contribution in [3.63, 3.8) is 0 Å². The van der Waals surface area contributed by atoms with Crippen molar-refractivity contribution in [3.8, 4) is 0 Å². The summed E-state index contributed by atoms with van der Waals surface area (Å²) < 4.78 is 1.81. The maximum absolute atomic E-state index is 13.6. The smallest absolute Gasteiger partial charge is 0.263 e. The van der Waals surface area contributed by atoms with E-state index < -0.39 is 0 Å². The molecule has 6 nitrogen and oxygen atoms in total. The van der Waals surface area contributed by atoms with Crippen LogP contribution < -0.4 is 5.56 Å². The summed E-state index contributed by atoms with van der Waals surface area (Å²) in [5.41, 5.74) is 2.91. The highest BCUT2D eigenvalue weighted by atomic mass is 32.2. The van der Waals surface area contributed by atoms with E-state index in [0.29, 0.717) is 17.3 Å². The average Bonchev–Trinajstić information content (AvgIpc) is 3.40. The van der Waals surface area contributed by atoms with E-state index in [1.165, 1.54) is 28.6 Å². The summed E-state index contributed by atoms with van der Waals surface area (Å²) in [7, 11) is 4.07. The number of thioether (sulfide) groups is 1. The van der Waals surface area contributed by atoms with Gasteiger partial charge in [-0.15, -0.1) is 11.3 Å². The van der Waals surface area contributed by atoms with Crippen LogP contribution in [0.3, 0.4) is 0 Å². The third kappa shape index (κ3) is 4.39. The number of ketones is 1. The molecular formula is C25H28N4O2S2. The molecule has 0 saturated carbocycles. The Morgan fingerprint density at radius 3 is 2.91 bits per heavy atom. The Hall–Kier alpha value is -2.42. The highest BCUT2D eigenvalue weighted by Gasteiger charge is 2.23. The number of aromatic nitrogens is 3. The molecule has 172 valence electrons. The Labute approximate surface area is 201 Å². The van der Waals surface area contributed by atoms with E-state index in [9.17, 15) is 9.59 Å². The van der Waals surface area contributed by atoms with Crippen LogP contribution in [0.4, 0.5) is 0 Å². The molecule has 0 radical (unpaired) electrons. The number of hydrogen-bond acceptors (Lipinski definition) is 6. The first-order chi connectivity index (χ1) is 16.0. The minimum absolute atomic E-state index is 0.0390. The number of fused-ring (bicyclic) bond motifs is 4. The molecule has 3 aromatic heterocycles.